The normalized spacial score (nSPS) is 22.6. The number of hydrogen-bond acceptors (Lipinski definition) is 4. The third kappa shape index (κ3) is 2.57. The molecule has 2 aliphatic heterocycles. The van der Waals surface area contributed by atoms with Crippen molar-refractivity contribution in [3.8, 4) is 0 Å². The number of nitrogens with one attached hydrogen (secondary N) is 1. The van der Waals surface area contributed by atoms with Crippen molar-refractivity contribution < 1.29 is 18.0 Å². The second-order valence-electron chi connectivity index (χ2n) is 5.31. The van der Waals surface area contributed by atoms with E-state index in [1.54, 1.807) is 12.1 Å². The van der Waals surface area contributed by atoms with Crippen LogP contribution in [0.15, 0.2) is 18.2 Å². The summed E-state index contributed by atoms with van der Waals surface area (Å²) in [5.41, 5.74) is 0.705. The fourth-order valence-corrected chi connectivity index (χ4v) is 3.70. The van der Waals surface area contributed by atoms with Crippen LogP contribution < -0.4 is 5.32 Å². The maximum atomic E-state index is 12.6. The molecule has 0 spiro atoms. The van der Waals surface area contributed by atoms with Crippen LogP contribution in [0, 0.1) is 0 Å². The molecule has 1 atom stereocenters. The lowest BCUT2D eigenvalue weighted by Crippen LogP contribution is -2.59. The third-order valence-corrected chi connectivity index (χ3v) is 5.35. The molecule has 1 saturated heterocycles. The Labute approximate surface area is 132 Å². The molecule has 1 aromatic rings. The number of sulfonamides is 1. The highest BCUT2D eigenvalue weighted by molar-refractivity contribution is 7.88. The summed E-state index contributed by atoms with van der Waals surface area (Å²) in [5, 5.41) is 3.06. The van der Waals surface area contributed by atoms with Crippen LogP contribution in [-0.2, 0) is 14.8 Å². The Hall–Kier alpha value is -1.64. The molecule has 2 aliphatic rings. The van der Waals surface area contributed by atoms with Gasteiger partial charge in [-0.3, -0.25) is 9.59 Å². The number of fused-ring (bicyclic) bond motifs is 2. The van der Waals surface area contributed by atoms with E-state index < -0.39 is 22.0 Å². The van der Waals surface area contributed by atoms with Gasteiger partial charge in [-0.05, 0) is 18.2 Å². The fraction of sp³-hybridized carbons (Fsp3) is 0.385. The largest absolute Gasteiger partial charge is 0.324 e. The Bertz CT molecular complexity index is 765. The van der Waals surface area contributed by atoms with Crippen molar-refractivity contribution in [1.29, 1.82) is 0 Å². The van der Waals surface area contributed by atoms with Gasteiger partial charge in [0.05, 0.1) is 17.5 Å². The van der Waals surface area contributed by atoms with Gasteiger partial charge in [0, 0.05) is 24.7 Å². The number of halogens is 1. The van der Waals surface area contributed by atoms with Crippen molar-refractivity contribution in [3.05, 3.63) is 28.8 Å². The molecule has 7 nitrogen and oxygen atoms in total. The summed E-state index contributed by atoms with van der Waals surface area (Å²) in [6.07, 6.45) is 1.09. The maximum Gasteiger partial charge on any atom is 0.256 e. The van der Waals surface area contributed by atoms with Gasteiger partial charge in [-0.1, -0.05) is 11.6 Å². The lowest BCUT2D eigenvalue weighted by atomic mass is 10.1. The number of piperazine rings is 1. The van der Waals surface area contributed by atoms with E-state index in [1.165, 1.54) is 15.3 Å². The molecule has 3 rings (SSSR count). The minimum Gasteiger partial charge on any atom is -0.324 e. The summed E-state index contributed by atoms with van der Waals surface area (Å²) >= 11 is 5.90. The van der Waals surface area contributed by atoms with Crippen LogP contribution >= 0.6 is 11.6 Å². The topological polar surface area (TPSA) is 86.8 Å². The zero-order valence-electron chi connectivity index (χ0n) is 11.7. The molecule has 1 aromatic carbocycles. The zero-order chi connectivity index (χ0) is 16.1. The van der Waals surface area contributed by atoms with Gasteiger partial charge < -0.3 is 10.2 Å². The summed E-state index contributed by atoms with van der Waals surface area (Å²) in [5.74, 6) is -0.717. The van der Waals surface area contributed by atoms with Crippen molar-refractivity contribution in [1.82, 2.24) is 9.21 Å². The van der Waals surface area contributed by atoms with E-state index in [1.807, 2.05) is 0 Å². The molecule has 0 aromatic heterocycles. The molecular formula is C13H14ClN3O4S. The number of benzene rings is 1. The number of carbonyl (C=O) groups excluding carboxylic acids is 2. The second kappa shape index (κ2) is 5.22. The van der Waals surface area contributed by atoms with Crippen LogP contribution in [0.2, 0.25) is 5.02 Å². The average molecular weight is 344 g/mol. The summed E-state index contributed by atoms with van der Waals surface area (Å²) < 4.78 is 24.6. The van der Waals surface area contributed by atoms with Gasteiger partial charge >= 0.3 is 0 Å². The van der Waals surface area contributed by atoms with Gasteiger partial charge in [-0.2, -0.15) is 4.31 Å². The predicted octanol–water partition coefficient (Wildman–Crippen LogP) is 0.378. The van der Waals surface area contributed by atoms with Gasteiger partial charge in [0.2, 0.25) is 15.9 Å². The standard InChI is InChI=1S/C13H14ClN3O4S/c1-22(20,21)16-4-5-17-11(7-16)12(18)15-10-6-8(14)2-3-9(10)13(17)19/h2-3,6,11H,4-5,7H2,1H3,(H,15,18). The van der Waals surface area contributed by atoms with Crippen LogP contribution in [-0.4, -0.2) is 61.4 Å². The van der Waals surface area contributed by atoms with Crippen LogP contribution in [0.1, 0.15) is 10.4 Å². The van der Waals surface area contributed by atoms with E-state index in [2.05, 4.69) is 5.32 Å². The summed E-state index contributed by atoms with van der Waals surface area (Å²) in [7, 11) is -3.41. The number of rotatable bonds is 1. The van der Waals surface area contributed by atoms with Crippen molar-refractivity contribution in [2.45, 2.75) is 6.04 Å². The first kappa shape index (κ1) is 15.3. The van der Waals surface area contributed by atoms with Crippen molar-refractivity contribution >= 4 is 39.1 Å². The molecule has 0 saturated carbocycles. The highest BCUT2D eigenvalue weighted by Crippen LogP contribution is 2.28. The van der Waals surface area contributed by atoms with Crippen LogP contribution in [0.25, 0.3) is 0 Å². The van der Waals surface area contributed by atoms with Crippen molar-refractivity contribution in [2.75, 3.05) is 31.2 Å². The molecule has 0 bridgehead atoms. The van der Waals surface area contributed by atoms with Gasteiger partial charge in [-0.15, -0.1) is 0 Å². The molecule has 22 heavy (non-hydrogen) atoms. The molecule has 1 N–H and O–H groups in total. The fourth-order valence-electron chi connectivity index (χ4n) is 2.70. The van der Waals surface area contributed by atoms with E-state index >= 15 is 0 Å². The van der Waals surface area contributed by atoms with Crippen LogP contribution in [0.3, 0.4) is 0 Å². The Morgan fingerprint density at radius 1 is 1.27 bits per heavy atom. The van der Waals surface area contributed by atoms with E-state index in [0.29, 0.717) is 16.3 Å². The lowest BCUT2D eigenvalue weighted by molar-refractivity contribution is -0.121. The van der Waals surface area contributed by atoms with Gasteiger partial charge in [0.25, 0.3) is 5.91 Å². The minimum absolute atomic E-state index is 0.0435. The van der Waals surface area contributed by atoms with E-state index in [-0.39, 0.29) is 25.5 Å². The SMILES string of the molecule is CS(=O)(=O)N1CCN2C(=O)c3ccc(Cl)cc3NC(=O)C2C1. The highest BCUT2D eigenvalue weighted by Gasteiger charge is 2.41. The summed E-state index contributed by atoms with van der Waals surface area (Å²) in [6, 6.07) is 3.81. The third-order valence-electron chi connectivity index (χ3n) is 3.85. The van der Waals surface area contributed by atoms with Crippen molar-refractivity contribution in [2.24, 2.45) is 0 Å². The number of hydrogen-bond donors (Lipinski definition) is 1. The van der Waals surface area contributed by atoms with Crippen LogP contribution in [0.5, 0.6) is 0 Å². The van der Waals surface area contributed by atoms with Crippen molar-refractivity contribution in [3.63, 3.8) is 0 Å². The number of amides is 2. The monoisotopic (exact) mass is 343 g/mol. The molecule has 0 radical (unpaired) electrons. The van der Waals surface area contributed by atoms with Gasteiger partial charge in [0.15, 0.2) is 0 Å². The summed E-state index contributed by atoms with van der Waals surface area (Å²) in [4.78, 5) is 26.4. The molecule has 0 aliphatic carbocycles. The first-order chi connectivity index (χ1) is 10.3. The molecular weight excluding hydrogens is 330 g/mol. The number of nitrogens with zero attached hydrogens (tertiary/aromatic N) is 2. The zero-order valence-corrected chi connectivity index (χ0v) is 13.3. The Kier molecular flexibility index (Phi) is 3.62. The quantitative estimate of drug-likeness (QED) is 0.798. The number of anilines is 1. The maximum absolute atomic E-state index is 12.6. The average Bonchev–Trinajstić information content (AvgIpc) is 2.54. The van der Waals surface area contributed by atoms with Gasteiger partial charge in [-0.25, -0.2) is 8.42 Å². The summed E-state index contributed by atoms with van der Waals surface area (Å²) in [6.45, 7) is 0.307. The first-order valence-corrected chi connectivity index (χ1v) is 8.86. The molecule has 1 fully saturated rings. The number of carbonyl (C=O) groups is 2. The lowest BCUT2D eigenvalue weighted by Gasteiger charge is -2.38. The Morgan fingerprint density at radius 3 is 2.68 bits per heavy atom. The molecule has 9 heteroatoms. The Morgan fingerprint density at radius 2 is 2.00 bits per heavy atom. The molecule has 118 valence electrons. The van der Waals surface area contributed by atoms with E-state index in [9.17, 15) is 18.0 Å². The second-order valence-corrected chi connectivity index (χ2v) is 7.73. The molecule has 2 heterocycles. The first-order valence-electron chi connectivity index (χ1n) is 6.64. The van der Waals surface area contributed by atoms with Gasteiger partial charge in [0.1, 0.15) is 6.04 Å². The predicted molar refractivity (Wildman–Crippen MR) is 81.3 cm³/mol. The molecule has 2 amide bonds. The smallest absolute Gasteiger partial charge is 0.256 e. The van der Waals surface area contributed by atoms with Crippen LogP contribution in [0.4, 0.5) is 5.69 Å². The molecule has 1 unspecified atom stereocenters. The Balaban J connectivity index is 1.99. The minimum atomic E-state index is -3.41. The van der Waals surface area contributed by atoms with E-state index in [0.717, 1.165) is 6.26 Å². The highest BCUT2D eigenvalue weighted by atomic mass is 35.5. The van der Waals surface area contributed by atoms with E-state index in [4.69, 9.17) is 11.6 Å².